The molecular weight excluding hydrogens is 254 g/mol. The number of anilines is 2. The number of nitrogens with two attached hydrogens (primary N) is 1. The lowest BCUT2D eigenvalue weighted by atomic mass is 10.2. The van der Waals surface area contributed by atoms with Gasteiger partial charge in [0, 0.05) is 31.9 Å². The molecule has 1 aliphatic heterocycles. The summed E-state index contributed by atoms with van der Waals surface area (Å²) in [6.07, 6.45) is 2.23. The number of likely N-dealkylation sites (tertiary alicyclic amines) is 1. The summed E-state index contributed by atoms with van der Waals surface area (Å²) in [5, 5.41) is 0. The summed E-state index contributed by atoms with van der Waals surface area (Å²) in [6, 6.07) is 5.61. The number of rotatable bonds is 5. The van der Waals surface area contributed by atoms with E-state index >= 15 is 0 Å². The molecule has 0 spiro atoms. The van der Waals surface area contributed by atoms with Gasteiger partial charge in [0.15, 0.2) is 0 Å². The molecule has 0 bridgehead atoms. The average Bonchev–Trinajstić information content (AvgIpc) is 2.95. The van der Waals surface area contributed by atoms with E-state index in [2.05, 4.69) is 0 Å². The summed E-state index contributed by atoms with van der Waals surface area (Å²) in [4.78, 5) is 16.0. The molecule has 0 radical (unpaired) electrons. The van der Waals surface area contributed by atoms with Crippen LogP contribution < -0.4 is 15.4 Å². The molecule has 2 rings (SSSR count). The molecular formula is C15H23N3O2. The number of likely N-dealkylation sites (N-methyl/N-ethyl adjacent to an activating group) is 1. The van der Waals surface area contributed by atoms with Crippen LogP contribution >= 0.6 is 0 Å². The number of amides is 1. The minimum Gasteiger partial charge on any atom is -0.492 e. The van der Waals surface area contributed by atoms with Crippen LogP contribution in [-0.4, -0.2) is 44.1 Å². The van der Waals surface area contributed by atoms with Crippen LogP contribution in [0.5, 0.6) is 5.75 Å². The Morgan fingerprint density at radius 2 is 2.10 bits per heavy atom. The lowest BCUT2D eigenvalue weighted by Gasteiger charge is -2.23. The molecule has 110 valence electrons. The highest BCUT2D eigenvalue weighted by Crippen LogP contribution is 2.27. The topological polar surface area (TPSA) is 58.8 Å². The Morgan fingerprint density at radius 3 is 2.75 bits per heavy atom. The van der Waals surface area contributed by atoms with Gasteiger partial charge in [-0.15, -0.1) is 0 Å². The third kappa shape index (κ3) is 3.35. The van der Waals surface area contributed by atoms with Crippen LogP contribution in [0.3, 0.4) is 0 Å². The first-order valence-corrected chi connectivity index (χ1v) is 7.13. The minimum atomic E-state index is 0.180. The Balaban J connectivity index is 2.02. The van der Waals surface area contributed by atoms with E-state index in [1.807, 2.05) is 42.0 Å². The average molecular weight is 277 g/mol. The van der Waals surface area contributed by atoms with Crippen LogP contribution in [0.25, 0.3) is 0 Å². The van der Waals surface area contributed by atoms with Crippen LogP contribution in [0.2, 0.25) is 0 Å². The SMILES string of the molecule is CCOc1cc(N(C)CC(=O)N2CCCC2)ccc1N. The van der Waals surface area contributed by atoms with E-state index in [1.54, 1.807) is 0 Å². The van der Waals surface area contributed by atoms with E-state index in [-0.39, 0.29) is 5.91 Å². The molecule has 1 fully saturated rings. The van der Waals surface area contributed by atoms with E-state index in [4.69, 9.17) is 10.5 Å². The maximum Gasteiger partial charge on any atom is 0.242 e. The fraction of sp³-hybridized carbons (Fsp3) is 0.533. The first kappa shape index (κ1) is 14.5. The van der Waals surface area contributed by atoms with Crippen molar-refractivity contribution in [3.8, 4) is 5.75 Å². The number of hydrogen-bond acceptors (Lipinski definition) is 4. The second kappa shape index (κ2) is 6.50. The van der Waals surface area contributed by atoms with E-state index in [1.165, 1.54) is 0 Å². The maximum atomic E-state index is 12.1. The van der Waals surface area contributed by atoms with Crippen molar-refractivity contribution in [3.63, 3.8) is 0 Å². The molecule has 1 aliphatic rings. The van der Waals surface area contributed by atoms with Crippen molar-refractivity contribution in [2.75, 3.05) is 43.9 Å². The van der Waals surface area contributed by atoms with E-state index in [0.29, 0.717) is 24.6 Å². The largest absolute Gasteiger partial charge is 0.492 e. The molecule has 1 aromatic rings. The van der Waals surface area contributed by atoms with Gasteiger partial charge in [-0.05, 0) is 31.9 Å². The zero-order valence-corrected chi connectivity index (χ0v) is 12.3. The van der Waals surface area contributed by atoms with Crippen LogP contribution in [0.1, 0.15) is 19.8 Å². The van der Waals surface area contributed by atoms with E-state index in [0.717, 1.165) is 31.6 Å². The van der Waals surface area contributed by atoms with Gasteiger partial charge in [0.05, 0.1) is 18.8 Å². The maximum absolute atomic E-state index is 12.1. The zero-order valence-electron chi connectivity index (χ0n) is 12.3. The molecule has 1 saturated heterocycles. The Bertz CT molecular complexity index is 470. The summed E-state index contributed by atoms with van der Waals surface area (Å²) in [7, 11) is 1.91. The van der Waals surface area contributed by atoms with Gasteiger partial charge < -0.3 is 20.3 Å². The van der Waals surface area contributed by atoms with Crippen molar-refractivity contribution in [1.29, 1.82) is 0 Å². The van der Waals surface area contributed by atoms with Crippen molar-refractivity contribution in [1.82, 2.24) is 4.90 Å². The third-order valence-corrected chi connectivity index (χ3v) is 3.57. The Labute approximate surface area is 120 Å². The van der Waals surface area contributed by atoms with Gasteiger partial charge in [0.1, 0.15) is 5.75 Å². The van der Waals surface area contributed by atoms with E-state index < -0.39 is 0 Å². The monoisotopic (exact) mass is 277 g/mol. The third-order valence-electron chi connectivity index (χ3n) is 3.57. The lowest BCUT2D eigenvalue weighted by Crippen LogP contribution is -2.37. The van der Waals surface area contributed by atoms with Gasteiger partial charge in [-0.25, -0.2) is 0 Å². The number of carbonyl (C=O) groups excluding carboxylic acids is 1. The molecule has 1 aromatic carbocycles. The predicted molar refractivity (Wildman–Crippen MR) is 81.1 cm³/mol. The Morgan fingerprint density at radius 1 is 1.40 bits per heavy atom. The van der Waals surface area contributed by atoms with Gasteiger partial charge in [-0.3, -0.25) is 4.79 Å². The van der Waals surface area contributed by atoms with Gasteiger partial charge in [-0.2, -0.15) is 0 Å². The zero-order chi connectivity index (χ0) is 14.5. The summed E-state index contributed by atoms with van der Waals surface area (Å²) in [5.74, 6) is 0.852. The molecule has 0 unspecified atom stereocenters. The van der Waals surface area contributed by atoms with Crippen molar-refractivity contribution < 1.29 is 9.53 Å². The molecule has 0 atom stereocenters. The van der Waals surface area contributed by atoms with Crippen LogP contribution in [0.4, 0.5) is 11.4 Å². The number of nitrogens with zero attached hydrogens (tertiary/aromatic N) is 2. The summed E-state index contributed by atoms with van der Waals surface area (Å²) >= 11 is 0. The molecule has 0 aromatic heterocycles. The van der Waals surface area contributed by atoms with Crippen LogP contribution in [0.15, 0.2) is 18.2 Å². The quantitative estimate of drug-likeness (QED) is 0.833. The van der Waals surface area contributed by atoms with Crippen LogP contribution in [0, 0.1) is 0 Å². The summed E-state index contributed by atoms with van der Waals surface area (Å²) in [6.45, 7) is 4.66. The second-order valence-corrected chi connectivity index (χ2v) is 5.10. The minimum absolute atomic E-state index is 0.180. The molecule has 1 heterocycles. The van der Waals surface area contributed by atoms with Crippen molar-refractivity contribution >= 4 is 17.3 Å². The number of nitrogen functional groups attached to an aromatic ring is 1. The van der Waals surface area contributed by atoms with Gasteiger partial charge in [0.2, 0.25) is 5.91 Å². The summed E-state index contributed by atoms with van der Waals surface area (Å²) in [5.41, 5.74) is 7.42. The lowest BCUT2D eigenvalue weighted by molar-refractivity contribution is -0.128. The molecule has 20 heavy (non-hydrogen) atoms. The smallest absolute Gasteiger partial charge is 0.242 e. The second-order valence-electron chi connectivity index (χ2n) is 5.10. The standard InChI is InChI=1S/C15H23N3O2/c1-3-20-14-10-12(6-7-13(14)16)17(2)11-15(19)18-8-4-5-9-18/h6-7,10H,3-5,8-9,11,16H2,1-2H3. The van der Waals surface area contributed by atoms with Crippen molar-refractivity contribution in [2.45, 2.75) is 19.8 Å². The highest BCUT2D eigenvalue weighted by molar-refractivity contribution is 5.82. The van der Waals surface area contributed by atoms with Gasteiger partial charge >= 0.3 is 0 Å². The Hall–Kier alpha value is -1.91. The molecule has 0 aliphatic carbocycles. The van der Waals surface area contributed by atoms with E-state index in [9.17, 15) is 4.79 Å². The van der Waals surface area contributed by atoms with Crippen LogP contribution in [-0.2, 0) is 4.79 Å². The highest BCUT2D eigenvalue weighted by atomic mass is 16.5. The Kier molecular flexibility index (Phi) is 4.71. The molecule has 0 saturated carbocycles. The van der Waals surface area contributed by atoms with Gasteiger partial charge in [-0.1, -0.05) is 0 Å². The number of ether oxygens (including phenoxy) is 1. The number of carbonyl (C=O) groups is 1. The molecule has 5 nitrogen and oxygen atoms in total. The molecule has 5 heteroatoms. The molecule has 1 amide bonds. The van der Waals surface area contributed by atoms with Crippen molar-refractivity contribution in [2.24, 2.45) is 0 Å². The fourth-order valence-corrected chi connectivity index (χ4v) is 2.40. The first-order chi connectivity index (χ1) is 9.61. The van der Waals surface area contributed by atoms with Gasteiger partial charge in [0.25, 0.3) is 0 Å². The number of benzene rings is 1. The van der Waals surface area contributed by atoms with Crippen molar-refractivity contribution in [3.05, 3.63) is 18.2 Å². The fourth-order valence-electron chi connectivity index (χ4n) is 2.40. The predicted octanol–water partition coefficient (Wildman–Crippen LogP) is 1.73. The normalized spacial score (nSPS) is 14.4. The number of hydrogen-bond donors (Lipinski definition) is 1. The summed E-state index contributed by atoms with van der Waals surface area (Å²) < 4.78 is 5.49. The highest BCUT2D eigenvalue weighted by Gasteiger charge is 2.19. The molecule has 2 N–H and O–H groups in total. The first-order valence-electron chi connectivity index (χ1n) is 7.13.